The van der Waals surface area contributed by atoms with E-state index in [4.69, 9.17) is 0 Å². The third-order valence-corrected chi connectivity index (χ3v) is 8.46. The summed E-state index contributed by atoms with van der Waals surface area (Å²) in [7, 11) is 0. The Balaban J connectivity index is 0.000000584. The van der Waals surface area contributed by atoms with Gasteiger partial charge in [-0.25, -0.2) is 0 Å². The Hall–Kier alpha value is -5.20. The lowest BCUT2D eigenvalue weighted by atomic mass is 9.78. The van der Waals surface area contributed by atoms with Gasteiger partial charge in [-0.05, 0) is 67.3 Å². The van der Waals surface area contributed by atoms with E-state index < -0.39 is 0 Å². The molecule has 1 unspecified atom stereocenters. The largest absolute Gasteiger partial charge is 0.0991 e. The van der Waals surface area contributed by atoms with Gasteiger partial charge in [-0.15, -0.1) is 0 Å². The van der Waals surface area contributed by atoms with Crippen molar-refractivity contribution in [3.05, 3.63) is 206 Å². The van der Waals surface area contributed by atoms with Crippen LogP contribution >= 0.6 is 0 Å². The van der Waals surface area contributed by atoms with Crippen LogP contribution in [0, 0.1) is 0 Å². The van der Waals surface area contributed by atoms with Crippen molar-refractivity contribution in [2.75, 3.05) is 0 Å². The molecule has 0 fully saturated rings. The summed E-state index contributed by atoms with van der Waals surface area (Å²) in [5.74, 6) is 0.00318. The molecule has 0 heteroatoms. The Morgan fingerprint density at radius 1 is 0.545 bits per heavy atom. The Bertz CT molecular complexity index is 1760. The quantitative estimate of drug-likeness (QED) is 0.163. The maximum absolute atomic E-state index is 4.48. The van der Waals surface area contributed by atoms with Crippen molar-refractivity contribution in [1.29, 1.82) is 0 Å². The fourth-order valence-electron chi connectivity index (χ4n) is 6.21. The highest BCUT2D eigenvalue weighted by Crippen LogP contribution is 2.50. The summed E-state index contributed by atoms with van der Waals surface area (Å²) >= 11 is 0. The molecule has 0 aliphatic heterocycles. The second kappa shape index (κ2) is 13.4. The fourth-order valence-corrected chi connectivity index (χ4v) is 6.21. The monoisotopic (exact) mass is 568 g/mol. The topological polar surface area (TPSA) is 0 Å². The van der Waals surface area contributed by atoms with E-state index in [9.17, 15) is 0 Å². The number of benzene rings is 5. The molecule has 0 spiro atoms. The number of hydrogen-bond acceptors (Lipinski definition) is 0. The van der Waals surface area contributed by atoms with Gasteiger partial charge in [0, 0.05) is 11.3 Å². The lowest BCUT2D eigenvalue weighted by Gasteiger charge is -2.25. The van der Waals surface area contributed by atoms with E-state index >= 15 is 0 Å². The van der Waals surface area contributed by atoms with Crippen LogP contribution in [0.3, 0.4) is 0 Å². The van der Waals surface area contributed by atoms with Crippen molar-refractivity contribution < 1.29 is 0 Å². The first kappa shape index (κ1) is 30.3. The summed E-state index contributed by atoms with van der Waals surface area (Å²) in [5, 5.41) is 0. The van der Waals surface area contributed by atoms with Crippen LogP contribution in [-0.2, 0) is 5.41 Å². The molecule has 1 aliphatic carbocycles. The summed E-state index contributed by atoms with van der Waals surface area (Å²) in [6, 6.07) is 44.0. The zero-order valence-corrected chi connectivity index (χ0v) is 25.8. The molecule has 5 aromatic carbocycles. The van der Waals surface area contributed by atoms with Crippen molar-refractivity contribution in [1.82, 2.24) is 0 Å². The average molecular weight is 569 g/mol. The summed E-state index contributed by atoms with van der Waals surface area (Å²) in [6.07, 6.45) is 8.98. The Morgan fingerprint density at radius 3 is 1.61 bits per heavy atom. The minimum absolute atomic E-state index is 0.00318. The highest BCUT2D eigenvalue weighted by atomic mass is 14.4. The summed E-state index contributed by atoms with van der Waals surface area (Å²) < 4.78 is 0. The summed E-state index contributed by atoms with van der Waals surface area (Å²) in [5.41, 5.74) is 13.7. The minimum atomic E-state index is -0.0525. The number of fused-ring (bicyclic) bond motifs is 3. The molecule has 5 aromatic rings. The molecule has 1 aliphatic rings. The highest BCUT2D eigenvalue weighted by Gasteiger charge is 2.35. The Kier molecular flexibility index (Phi) is 9.22. The molecule has 0 saturated carbocycles. The normalized spacial score (nSPS) is 13.1. The maximum Gasteiger partial charge on any atom is 0.0334 e. The molecule has 216 valence electrons. The molecule has 44 heavy (non-hydrogen) atoms. The predicted molar refractivity (Wildman–Crippen MR) is 192 cm³/mol. The van der Waals surface area contributed by atoms with Gasteiger partial charge in [0.25, 0.3) is 0 Å². The van der Waals surface area contributed by atoms with Crippen LogP contribution in [-0.4, -0.2) is 0 Å². The van der Waals surface area contributed by atoms with Gasteiger partial charge in [0.05, 0.1) is 0 Å². The molecule has 0 bridgehead atoms. The molecule has 0 saturated heterocycles. The number of rotatable bonds is 8. The molecular weight excluding hydrogens is 528 g/mol. The van der Waals surface area contributed by atoms with Gasteiger partial charge >= 0.3 is 0 Å². The second-order valence-corrected chi connectivity index (χ2v) is 11.6. The zero-order chi connectivity index (χ0) is 31.1. The fraction of sp³-hybridized carbons (Fsp3) is 0.0909. The highest BCUT2D eigenvalue weighted by molar-refractivity contribution is 5.81. The first-order valence-corrected chi connectivity index (χ1v) is 15.1. The summed E-state index contributed by atoms with van der Waals surface area (Å²) in [4.78, 5) is 0. The van der Waals surface area contributed by atoms with E-state index in [1.807, 2.05) is 18.2 Å². The Morgan fingerprint density at radius 2 is 1.07 bits per heavy atom. The van der Waals surface area contributed by atoms with Crippen molar-refractivity contribution in [3.63, 3.8) is 0 Å². The van der Waals surface area contributed by atoms with E-state index in [-0.39, 0.29) is 11.3 Å². The number of hydrogen-bond donors (Lipinski definition) is 0. The van der Waals surface area contributed by atoms with Crippen LogP contribution in [0.1, 0.15) is 42.0 Å². The van der Waals surface area contributed by atoms with Gasteiger partial charge in [0.2, 0.25) is 0 Å². The van der Waals surface area contributed by atoms with E-state index in [0.29, 0.717) is 0 Å². The molecule has 0 amide bonds. The van der Waals surface area contributed by atoms with Gasteiger partial charge in [-0.2, -0.15) is 0 Å². The SMILES string of the molecule is C=C/C=C\C=C.C=CC(=C)C(c1cc(-c2ccccc2)cc(-c2ccccc2)c1)c1ccc2c(c1)C(C)(C)c1ccccc1-2. The molecule has 0 aromatic heterocycles. The van der Waals surface area contributed by atoms with E-state index in [2.05, 4.69) is 161 Å². The molecule has 1 atom stereocenters. The average Bonchev–Trinajstić information content (AvgIpc) is 3.30. The van der Waals surface area contributed by atoms with Crippen LogP contribution in [0.4, 0.5) is 0 Å². The first-order valence-electron chi connectivity index (χ1n) is 15.1. The van der Waals surface area contributed by atoms with Crippen LogP contribution in [0.15, 0.2) is 184 Å². The lowest BCUT2D eigenvalue weighted by Crippen LogP contribution is -2.15. The molecule has 6 rings (SSSR count). The zero-order valence-electron chi connectivity index (χ0n) is 25.8. The molecular formula is C44H40. The van der Waals surface area contributed by atoms with E-state index in [1.165, 1.54) is 55.6 Å². The molecule has 0 heterocycles. The van der Waals surface area contributed by atoms with Gasteiger partial charge in [0.1, 0.15) is 0 Å². The molecule has 0 N–H and O–H groups in total. The van der Waals surface area contributed by atoms with E-state index in [1.54, 1.807) is 12.2 Å². The second-order valence-electron chi connectivity index (χ2n) is 11.6. The lowest BCUT2D eigenvalue weighted by molar-refractivity contribution is 0.659. The minimum Gasteiger partial charge on any atom is -0.0991 e. The molecule has 0 radical (unpaired) electrons. The third-order valence-electron chi connectivity index (χ3n) is 8.46. The van der Waals surface area contributed by atoms with Crippen LogP contribution < -0.4 is 0 Å². The van der Waals surface area contributed by atoms with E-state index in [0.717, 1.165) is 5.57 Å². The van der Waals surface area contributed by atoms with Crippen molar-refractivity contribution in [2.45, 2.75) is 25.2 Å². The van der Waals surface area contributed by atoms with Gasteiger partial charge in [0.15, 0.2) is 0 Å². The first-order chi connectivity index (χ1) is 21.4. The predicted octanol–water partition coefficient (Wildman–Crippen LogP) is 12.1. The van der Waals surface area contributed by atoms with Crippen molar-refractivity contribution in [3.8, 4) is 33.4 Å². The molecule has 0 nitrogen and oxygen atoms in total. The van der Waals surface area contributed by atoms with Crippen LogP contribution in [0.25, 0.3) is 33.4 Å². The van der Waals surface area contributed by atoms with Crippen LogP contribution in [0.5, 0.6) is 0 Å². The number of allylic oxidation sites excluding steroid dienone is 6. The van der Waals surface area contributed by atoms with Gasteiger partial charge in [-0.3, -0.25) is 0 Å². The summed E-state index contributed by atoms with van der Waals surface area (Å²) in [6.45, 7) is 20.2. The van der Waals surface area contributed by atoms with Gasteiger partial charge < -0.3 is 0 Å². The van der Waals surface area contributed by atoms with Gasteiger partial charge in [-0.1, -0.05) is 186 Å². The van der Waals surface area contributed by atoms with Crippen LogP contribution in [0.2, 0.25) is 0 Å². The standard InChI is InChI=1S/C38H32.C6H8/c1-5-26(2)37(29-20-21-34-33-18-12-13-19-35(33)38(3,4)36(34)25-29)32-23-30(27-14-8-6-9-15-27)22-31(24-32)28-16-10-7-11-17-28;1-3-5-6-4-2/h5-25,37H,1-2H2,3-4H3;3-6H,1-2H2/b;6-5-. The van der Waals surface area contributed by atoms with Crippen molar-refractivity contribution in [2.24, 2.45) is 0 Å². The maximum atomic E-state index is 4.48. The smallest absolute Gasteiger partial charge is 0.0334 e. The van der Waals surface area contributed by atoms with Crippen molar-refractivity contribution >= 4 is 0 Å². The third kappa shape index (κ3) is 6.12. The Labute approximate surface area is 263 Å².